The van der Waals surface area contributed by atoms with Crippen LogP contribution in [-0.2, 0) is 13.1 Å². The first-order valence-corrected chi connectivity index (χ1v) is 7.50. The van der Waals surface area contributed by atoms with Gasteiger partial charge in [-0.15, -0.1) is 11.3 Å². The van der Waals surface area contributed by atoms with Crippen LogP contribution in [0.1, 0.15) is 23.2 Å². The van der Waals surface area contributed by atoms with E-state index < -0.39 is 0 Å². The summed E-state index contributed by atoms with van der Waals surface area (Å²) in [6, 6.07) is 8.68. The summed E-state index contributed by atoms with van der Waals surface area (Å²) < 4.78 is 0. The van der Waals surface area contributed by atoms with Crippen molar-refractivity contribution in [1.82, 2.24) is 10.3 Å². The summed E-state index contributed by atoms with van der Waals surface area (Å²) in [7, 11) is 1.95. The van der Waals surface area contributed by atoms with Crippen LogP contribution in [-0.4, -0.2) is 18.6 Å². The van der Waals surface area contributed by atoms with Crippen molar-refractivity contribution in [3.63, 3.8) is 0 Å². The smallest absolute Gasteiger partial charge is 0.107 e. The van der Waals surface area contributed by atoms with Gasteiger partial charge in [-0.1, -0.05) is 17.7 Å². The molecule has 0 aliphatic carbocycles. The minimum absolute atomic E-state index is 0.849. The number of aromatic nitrogens is 1. The molecule has 3 nitrogen and oxygen atoms in total. The van der Waals surface area contributed by atoms with Crippen LogP contribution in [0.4, 0.5) is 5.69 Å². The minimum atomic E-state index is 0.849. The molecule has 19 heavy (non-hydrogen) atoms. The van der Waals surface area contributed by atoms with E-state index in [1.165, 1.54) is 11.3 Å². The second kappa shape index (κ2) is 6.68. The van der Waals surface area contributed by atoms with Gasteiger partial charge in [0, 0.05) is 24.2 Å². The molecule has 0 fully saturated rings. The zero-order valence-corrected chi connectivity index (χ0v) is 12.6. The Morgan fingerprint density at radius 1 is 1.26 bits per heavy atom. The fourth-order valence-electron chi connectivity index (χ4n) is 1.99. The Balaban J connectivity index is 2.07. The van der Waals surface area contributed by atoms with Gasteiger partial charge in [0.05, 0.1) is 12.2 Å². The van der Waals surface area contributed by atoms with Crippen molar-refractivity contribution < 1.29 is 0 Å². The summed E-state index contributed by atoms with van der Waals surface area (Å²) in [6.45, 7) is 7.01. The molecule has 0 saturated heterocycles. The number of hydrogen-bond donors (Lipinski definition) is 1. The first-order valence-electron chi connectivity index (χ1n) is 6.62. The second-order valence-corrected chi connectivity index (χ2v) is 5.56. The van der Waals surface area contributed by atoms with Crippen LogP contribution in [0.2, 0.25) is 0 Å². The number of nitrogens with zero attached hydrogens (tertiary/aromatic N) is 2. The van der Waals surface area contributed by atoms with E-state index in [-0.39, 0.29) is 0 Å². The van der Waals surface area contributed by atoms with Gasteiger partial charge >= 0.3 is 0 Å². The van der Waals surface area contributed by atoms with E-state index in [1.807, 2.05) is 7.05 Å². The van der Waals surface area contributed by atoms with Gasteiger partial charge in [0.1, 0.15) is 5.01 Å². The molecule has 0 aliphatic rings. The first-order chi connectivity index (χ1) is 9.22. The maximum atomic E-state index is 4.65. The topological polar surface area (TPSA) is 28.2 Å². The van der Waals surface area contributed by atoms with Crippen molar-refractivity contribution in [2.24, 2.45) is 0 Å². The maximum Gasteiger partial charge on any atom is 0.107 e. The molecule has 2 aromatic rings. The lowest BCUT2D eigenvalue weighted by Gasteiger charge is -2.22. The maximum absolute atomic E-state index is 4.65. The third-order valence-electron chi connectivity index (χ3n) is 3.06. The van der Waals surface area contributed by atoms with Gasteiger partial charge in [-0.2, -0.15) is 0 Å². The van der Waals surface area contributed by atoms with Crippen LogP contribution in [0.5, 0.6) is 0 Å². The van der Waals surface area contributed by atoms with E-state index in [4.69, 9.17) is 0 Å². The first kappa shape index (κ1) is 14.0. The van der Waals surface area contributed by atoms with Crippen LogP contribution in [0.3, 0.4) is 0 Å². The molecule has 0 aliphatic heterocycles. The van der Waals surface area contributed by atoms with Gasteiger partial charge in [-0.05, 0) is 33.0 Å². The molecule has 2 rings (SSSR count). The zero-order valence-electron chi connectivity index (χ0n) is 11.8. The number of anilines is 1. The number of aryl methyl sites for hydroxylation is 1. The minimum Gasteiger partial charge on any atom is -0.366 e. The van der Waals surface area contributed by atoms with E-state index in [1.54, 1.807) is 11.3 Å². The summed E-state index contributed by atoms with van der Waals surface area (Å²) in [5.74, 6) is 0. The average Bonchev–Trinajstić information content (AvgIpc) is 2.85. The van der Waals surface area contributed by atoms with Gasteiger partial charge in [-0.3, -0.25) is 0 Å². The molecule has 1 aromatic heterocycles. The highest BCUT2D eigenvalue weighted by molar-refractivity contribution is 7.09. The fraction of sp³-hybridized carbons (Fsp3) is 0.400. The van der Waals surface area contributed by atoms with Crippen molar-refractivity contribution in [3.05, 3.63) is 45.9 Å². The van der Waals surface area contributed by atoms with E-state index in [0.717, 1.165) is 30.3 Å². The Labute approximate surface area is 119 Å². The Morgan fingerprint density at radius 3 is 2.63 bits per heavy atom. The third kappa shape index (κ3) is 3.78. The highest BCUT2D eigenvalue weighted by atomic mass is 32.1. The molecule has 0 unspecified atom stereocenters. The molecular weight excluding hydrogens is 254 g/mol. The normalized spacial score (nSPS) is 10.7. The van der Waals surface area contributed by atoms with Gasteiger partial charge in [0.25, 0.3) is 0 Å². The molecular formula is C15H21N3S. The predicted molar refractivity (Wildman–Crippen MR) is 82.8 cm³/mol. The van der Waals surface area contributed by atoms with E-state index in [0.29, 0.717) is 0 Å². The van der Waals surface area contributed by atoms with E-state index in [2.05, 4.69) is 58.7 Å². The van der Waals surface area contributed by atoms with Gasteiger partial charge in [-0.25, -0.2) is 4.98 Å². The Hall–Kier alpha value is -1.39. The SMILES string of the molecule is CCN(Cc1csc(CNC)n1)c1ccc(C)cc1. The highest BCUT2D eigenvalue weighted by Crippen LogP contribution is 2.19. The Morgan fingerprint density at radius 2 is 2.00 bits per heavy atom. The quantitative estimate of drug-likeness (QED) is 0.877. The van der Waals surface area contributed by atoms with Crippen LogP contribution in [0, 0.1) is 6.92 Å². The van der Waals surface area contributed by atoms with Gasteiger partial charge in [0.15, 0.2) is 0 Å². The molecule has 1 aromatic carbocycles. The summed E-state index contributed by atoms with van der Waals surface area (Å²) in [5, 5.41) is 6.44. The number of hydrogen-bond acceptors (Lipinski definition) is 4. The molecule has 102 valence electrons. The van der Waals surface area contributed by atoms with Crippen LogP contribution in [0.25, 0.3) is 0 Å². The van der Waals surface area contributed by atoms with Crippen LogP contribution in [0.15, 0.2) is 29.6 Å². The standard InChI is InChI=1S/C15H21N3S/c1-4-18(14-7-5-12(2)6-8-14)10-13-11-19-15(17-13)9-16-3/h5-8,11,16H,4,9-10H2,1-3H3. The lowest BCUT2D eigenvalue weighted by Crippen LogP contribution is -2.22. The van der Waals surface area contributed by atoms with Crippen LogP contribution >= 0.6 is 11.3 Å². The summed E-state index contributed by atoms with van der Waals surface area (Å²) in [4.78, 5) is 6.99. The molecule has 0 spiro atoms. The number of thiazole rings is 1. The van der Waals surface area contributed by atoms with Gasteiger partial charge < -0.3 is 10.2 Å². The monoisotopic (exact) mass is 275 g/mol. The molecule has 1 heterocycles. The summed E-state index contributed by atoms with van der Waals surface area (Å²) in [6.07, 6.45) is 0. The average molecular weight is 275 g/mol. The number of rotatable bonds is 6. The summed E-state index contributed by atoms with van der Waals surface area (Å²) in [5.41, 5.74) is 3.71. The van der Waals surface area contributed by atoms with Crippen LogP contribution < -0.4 is 10.2 Å². The Bertz CT molecular complexity index is 504. The second-order valence-electron chi connectivity index (χ2n) is 4.61. The van der Waals surface area contributed by atoms with E-state index >= 15 is 0 Å². The van der Waals surface area contributed by atoms with E-state index in [9.17, 15) is 0 Å². The number of nitrogens with one attached hydrogen (secondary N) is 1. The van der Waals surface area contributed by atoms with Gasteiger partial charge in [0.2, 0.25) is 0 Å². The van der Waals surface area contributed by atoms with Crippen molar-refractivity contribution in [1.29, 1.82) is 0 Å². The fourth-order valence-corrected chi connectivity index (χ4v) is 2.79. The van der Waals surface area contributed by atoms with Crippen molar-refractivity contribution >= 4 is 17.0 Å². The lowest BCUT2D eigenvalue weighted by atomic mass is 10.2. The molecule has 0 saturated carbocycles. The zero-order chi connectivity index (χ0) is 13.7. The Kier molecular flexibility index (Phi) is 4.93. The third-order valence-corrected chi connectivity index (χ3v) is 3.96. The molecule has 0 atom stereocenters. The predicted octanol–water partition coefficient (Wildman–Crippen LogP) is 3.20. The highest BCUT2D eigenvalue weighted by Gasteiger charge is 2.08. The van der Waals surface area contributed by atoms with Crippen molar-refractivity contribution in [2.45, 2.75) is 26.9 Å². The summed E-state index contributed by atoms with van der Waals surface area (Å²) >= 11 is 1.72. The largest absolute Gasteiger partial charge is 0.366 e. The van der Waals surface area contributed by atoms with Crippen molar-refractivity contribution in [2.75, 3.05) is 18.5 Å². The molecule has 0 radical (unpaired) electrons. The lowest BCUT2D eigenvalue weighted by molar-refractivity contribution is 0.782. The molecule has 0 amide bonds. The van der Waals surface area contributed by atoms with Crippen molar-refractivity contribution in [3.8, 4) is 0 Å². The molecule has 0 bridgehead atoms. The number of benzene rings is 1. The molecule has 4 heteroatoms. The molecule has 1 N–H and O–H groups in total.